The van der Waals surface area contributed by atoms with Crippen LogP contribution >= 0.6 is 0 Å². The lowest BCUT2D eigenvalue weighted by Gasteiger charge is -2.23. The van der Waals surface area contributed by atoms with E-state index in [4.69, 9.17) is 11.0 Å². The molecule has 7 heteroatoms. The van der Waals surface area contributed by atoms with Crippen molar-refractivity contribution in [1.29, 1.82) is 5.26 Å². The number of hydrogen-bond donors (Lipinski definition) is 2. The summed E-state index contributed by atoms with van der Waals surface area (Å²) in [4.78, 5) is 11.5. The lowest BCUT2D eigenvalue weighted by Crippen LogP contribution is -2.41. The fourth-order valence-corrected chi connectivity index (χ4v) is 2.14. The molecule has 1 aromatic rings. The van der Waals surface area contributed by atoms with Gasteiger partial charge in [0, 0.05) is 6.54 Å². The molecule has 0 bridgehead atoms. The van der Waals surface area contributed by atoms with E-state index in [-0.39, 0.29) is 19.4 Å². The third-order valence-electron chi connectivity index (χ3n) is 3.76. The maximum Gasteiger partial charge on any atom is 0.395 e. The second-order valence-corrected chi connectivity index (χ2v) is 5.23. The SMILES string of the molecule is N#Cc1ccc(C(NCC2(C(F)(F)F)CC2)C(N)=O)cc1. The predicted molar refractivity (Wildman–Crippen MR) is 68.8 cm³/mol. The molecular weight excluding hydrogens is 283 g/mol. The van der Waals surface area contributed by atoms with Crippen molar-refractivity contribution in [2.45, 2.75) is 25.1 Å². The van der Waals surface area contributed by atoms with Gasteiger partial charge in [-0.15, -0.1) is 0 Å². The molecule has 1 aromatic carbocycles. The van der Waals surface area contributed by atoms with Gasteiger partial charge in [0.05, 0.1) is 17.0 Å². The Hall–Kier alpha value is -2.07. The maximum absolute atomic E-state index is 12.9. The molecule has 1 atom stereocenters. The predicted octanol–water partition coefficient (Wildman–Crippen LogP) is 2.02. The second-order valence-electron chi connectivity index (χ2n) is 5.23. The van der Waals surface area contributed by atoms with Crippen LogP contribution in [-0.2, 0) is 4.79 Å². The fraction of sp³-hybridized carbons (Fsp3) is 0.429. The van der Waals surface area contributed by atoms with Gasteiger partial charge in [0.1, 0.15) is 6.04 Å². The molecule has 0 heterocycles. The number of halogens is 3. The van der Waals surface area contributed by atoms with Gasteiger partial charge in [-0.3, -0.25) is 4.79 Å². The summed E-state index contributed by atoms with van der Waals surface area (Å²) in [5.74, 6) is -0.752. The smallest absolute Gasteiger partial charge is 0.368 e. The molecule has 4 nitrogen and oxygen atoms in total. The summed E-state index contributed by atoms with van der Waals surface area (Å²) in [7, 11) is 0. The minimum absolute atomic E-state index is 0.0579. The normalized spacial score (nSPS) is 17.8. The van der Waals surface area contributed by atoms with Crippen molar-refractivity contribution < 1.29 is 18.0 Å². The molecule has 0 saturated heterocycles. The van der Waals surface area contributed by atoms with Crippen LogP contribution in [0.1, 0.15) is 30.0 Å². The number of nitrogens with zero attached hydrogens (tertiary/aromatic N) is 1. The van der Waals surface area contributed by atoms with Crippen molar-refractivity contribution in [3.8, 4) is 6.07 Å². The Balaban J connectivity index is 2.10. The summed E-state index contributed by atoms with van der Waals surface area (Å²) in [5.41, 5.74) is 4.35. The molecule has 112 valence electrons. The molecule has 0 radical (unpaired) electrons. The Labute approximate surface area is 119 Å². The van der Waals surface area contributed by atoms with Crippen LogP contribution in [0, 0.1) is 16.7 Å². The Morgan fingerprint density at radius 3 is 2.33 bits per heavy atom. The van der Waals surface area contributed by atoms with Crippen LogP contribution in [0.25, 0.3) is 0 Å². The van der Waals surface area contributed by atoms with Crippen LogP contribution in [-0.4, -0.2) is 18.6 Å². The van der Waals surface area contributed by atoms with Gasteiger partial charge in [-0.05, 0) is 30.5 Å². The molecule has 1 aliphatic rings. The van der Waals surface area contributed by atoms with Crippen molar-refractivity contribution in [1.82, 2.24) is 5.32 Å². The lowest BCUT2D eigenvalue weighted by atomic mass is 10.0. The van der Waals surface area contributed by atoms with E-state index in [1.807, 2.05) is 6.07 Å². The highest BCUT2D eigenvalue weighted by atomic mass is 19.4. The third kappa shape index (κ3) is 3.16. The van der Waals surface area contributed by atoms with E-state index < -0.39 is 23.5 Å². The van der Waals surface area contributed by atoms with E-state index >= 15 is 0 Å². The van der Waals surface area contributed by atoms with Gasteiger partial charge >= 0.3 is 6.18 Å². The number of primary amides is 1. The molecule has 3 N–H and O–H groups in total. The van der Waals surface area contributed by atoms with Gasteiger partial charge < -0.3 is 11.1 Å². The van der Waals surface area contributed by atoms with Crippen LogP contribution in [0.4, 0.5) is 13.2 Å². The van der Waals surface area contributed by atoms with Crippen molar-refractivity contribution in [2.75, 3.05) is 6.54 Å². The maximum atomic E-state index is 12.9. The van der Waals surface area contributed by atoms with Crippen LogP contribution in [0.15, 0.2) is 24.3 Å². The number of amides is 1. The van der Waals surface area contributed by atoms with Crippen molar-refractivity contribution >= 4 is 5.91 Å². The van der Waals surface area contributed by atoms with E-state index in [0.29, 0.717) is 11.1 Å². The molecule has 1 saturated carbocycles. The van der Waals surface area contributed by atoms with Crippen LogP contribution in [0.2, 0.25) is 0 Å². The van der Waals surface area contributed by atoms with Gasteiger partial charge in [0.25, 0.3) is 0 Å². The first-order valence-corrected chi connectivity index (χ1v) is 6.38. The quantitative estimate of drug-likeness (QED) is 0.872. The minimum Gasteiger partial charge on any atom is -0.368 e. The Bertz CT molecular complexity index is 571. The summed E-state index contributed by atoms with van der Waals surface area (Å²) in [6, 6.07) is 6.92. The topological polar surface area (TPSA) is 78.9 Å². The summed E-state index contributed by atoms with van der Waals surface area (Å²) in [6.45, 7) is -0.343. The van der Waals surface area contributed by atoms with Gasteiger partial charge in [-0.1, -0.05) is 12.1 Å². The Kier molecular flexibility index (Phi) is 3.92. The van der Waals surface area contributed by atoms with E-state index in [0.717, 1.165) is 0 Å². The highest BCUT2D eigenvalue weighted by Crippen LogP contribution is 2.57. The standard InChI is InChI=1S/C14H14F3N3O/c15-14(16,17)13(5-6-13)8-20-11(12(19)21)10-3-1-9(7-18)2-4-10/h1-4,11,20H,5-6,8H2,(H2,19,21). The van der Waals surface area contributed by atoms with Gasteiger partial charge in [-0.25, -0.2) is 0 Å². The zero-order chi connectivity index (χ0) is 15.7. The summed E-state index contributed by atoms with van der Waals surface area (Å²) in [5, 5.41) is 11.3. The number of nitrogens with one attached hydrogen (secondary N) is 1. The average Bonchev–Trinajstić information content (AvgIpc) is 3.20. The molecule has 2 rings (SSSR count). The molecule has 0 aromatic heterocycles. The first-order valence-electron chi connectivity index (χ1n) is 6.38. The van der Waals surface area contributed by atoms with Crippen molar-refractivity contribution in [3.63, 3.8) is 0 Å². The van der Waals surface area contributed by atoms with Crippen molar-refractivity contribution in [2.24, 2.45) is 11.1 Å². The molecule has 1 unspecified atom stereocenters. The number of alkyl halides is 3. The number of nitrogens with two attached hydrogens (primary N) is 1. The number of nitriles is 1. The molecule has 21 heavy (non-hydrogen) atoms. The summed E-state index contributed by atoms with van der Waals surface area (Å²) in [6.07, 6.45) is -4.17. The average molecular weight is 297 g/mol. The Morgan fingerprint density at radius 1 is 1.38 bits per heavy atom. The summed E-state index contributed by atoms with van der Waals surface area (Å²) >= 11 is 0. The molecule has 1 fully saturated rings. The largest absolute Gasteiger partial charge is 0.395 e. The number of benzene rings is 1. The second kappa shape index (κ2) is 5.37. The zero-order valence-electron chi connectivity index (χ0n) is 11.1. The Morgan fingerprint density at radius 2 is 1.95 bits per heavy atom. The van der Waals surface area contributed by atoms with Crippen molar-refractivity contribution in [3.05, 3.63) is 35.4 Å². The van der Waals surface area contributed by atoms with E-state index in [1.54, 1.807) is 0 Å². The van der Waals surface area contributed by atoms with Gasteiger partial charge in [0.15, 0.2) is 0 Å². The van der Waals surface area contributed by atoms with Crippen LogP contribution in [0.3, 0.4) is 0 Å². The highest BCUT2D eigenvalue weighted by molar-refractivity contribution is 5.81. The zero-order valence-corrected chi connectivity index (χ0v) is 11.1. The number of carbonyl (C=O) groups excluding carboxylic acids is 1. The molecule has 0 spiro atoms. The molecular formula is C14H14F3N3O. The van der Waals surface area contributed by atoms with E-state index in [1.165, 1.54) is 24.3 Å². The monoisotopic (exact) mass is 297 g/mol. The molecule has 1 amide bonds. The van der Waals surface area contributed by atoms with E-state index in [2.05, 4.69) is 5.32 Å². The van der Waals surface area contributed by atoms with Crippen LogP contribution < -0.4 is 11.1 Å². The highest BCUT2D eigenvalue weighted by Gasteiger charge is 2.62. The van der Waals surface area contributed by atoms with E-state index in [9.17, 15) is 18.0 Å². The number of carbonyl (C=O) groups is 1. The first kappa shape index (κ1) is 15.3. The first-order chi connectivity index (χ1) is 9.79. The lowest BCUT2D eigenvalue weighted by molar-refractivity contribution is -0.186. The van der Waals surface area contributed by atoms with Gasteiger partial charge in [0.2, 0.25) is 5.91 Å². The third-order valence-corrected chi connectivity index (χ3v) is 3.76. The number of hydrogen-bond acceptors (Lipinski definition) is 3. The van der Waals surface area contributed by atoms with Crippen LogP contribution in [0.5, 0.6) is 0 Å². The fourth-order valence-electron chi connectivity index (χ4n) is 2.14. The number of rotatable bonds is 5. The molecule has 1 aliphatic carbocycles. The van der Waals surface area contributed by atoms with Gasteiger partial charge in [-0.2, -0.15) is 18.4 Å². The summed E-state index contributed by atoms with van der Waals surface area (Å²) < 4.78 is 38.6. The minimum atomic E-state index is -4.28. The molecule has 0 aliphatic heterocycles.